The molecule has 2 N–H and O–H groups in total. The third kappa shape index (κ3) is 5.52. The molecule has 2 rings (SSSR count). The maximum Gasteiger partial charge on any atom is 0.191 e. The van der Waals surface area contributed by atoms with Crippen molar-refractivity contribution in [1.29, 1.82) is 0 Å². The number of aryl methyl sites for hydroxylation is 1. The lowest BCUT2D eigenvalue weighted by atomic mass is 10.1. The molecule has 0 saturated heterocycles. The first kappa shape index (κ1) is 16.5. The van der Waals surface area contributed by atoms with Gasteiger partial charge in [-0.1, -0.05) is 6.92 Å². The maximum absolute atomic E-state index is 4.68. The first-order valence-corrected chi connectivity index (χ1v) is 8.75. The number of guanidine groups is 1. The van der Waals surface area contributed by atoms with Gasteiger partial charge >= 0.3 is 0 Å². The van der Waals surface area contributed by atoms with E-state index in [9.17, 15) is 0 Å². The second-order valence-electron chi connectivity index (χ2n) is 5.23. The predicted molar refractivity (Wildman–Crippen MR) is 93.6 cm³/mol. The zero-order valence-corrected chi connectivity index (χ0v) is 14.1. The molecule has 2 aromatic rings. The first-order valence-electron chi connectivity index (χ1n) is 7.81. The molecule has 2 heterocycles. The fourth-order valence-corrected chi connectivity index (χ4v) is 2.89. The second kappa shape index (κ2) is 9.25. The zero-order valence-electron chi connectivity index (χ0n) is 13.3. The summed E-state index contributed by atoms with van der Waals surface area (Å²) in [7, 11) is 0. The van der Waals surface area contributed by atoms with Gasteiger partial charge in [0.15, 0.2) is 5.96 Å². The summed E-state index contributed by atoms with van der Waals surface area (Å²) in [5.74, 6) is 1.34. The van der Waals surface area contributed by atoms with Gasteiger partial charge in [0, 0.05) is 44.5 Å². The molecule has 0 aliphatic heterocycles. The molecule has 6 heteroatoms. The summed E-state index contributed by atoms with van der Waals surface area (Å²) in [5, 5.41) is 15.2. The van der Waals surface area contributed by atoms with Crippen LogP contribution in [0.25, 0.3) is 0 Å². The van der Waals surface area contributed by atoms with E-state index in [1.807, 2.05) is 23.1 Å². The van der Waals surface area contributed by atoms with Crippen LogP contribution in [0.2, 0.25) is 0 Å². The molecular weight excluding hydrogens is 294 g/mol. The topological polar surface area (TPSA) is 54.2 Å². The number of nitrogens with one attached hydrogen (secondary N) is 2. The lowest BCUT2D eigenvalue weighted by molar-refractivity contribution is 0.570. The summed E-state index contributed by atoms with van der Waals surface area (Å²) >= 11 is 1.74. The van der Waals surface area contributed by atoms with Crippen molar-refractivity contribution in [3.8, 4) is 0 Å². The molecular formula is C16H25N5S. The van der Waals surface area contributed by atoms with Gasteiger partial charge in [0.1, 0.15) is 0 Å². The fourth-order valence-electron chi connectivity index (χ4n) is 2.11. The van der Waals surface area contributed by atoms with Crippen molar-refractivity contribution in [2.45, 2.75) is 32.7 Å². The molecule has 0 fully saturated rings. The molecule has 0 saturated carbocycles. The molecule has 120 valence electrons. The standard InChI is InChI=1S/C16H25N5S/c1-3-17-16(18-7-4-9-21-10-5-8-20-21)19-12-14(2)15-6-11-22-13-15/h5-6,8,10-11,13-14H,3-4,7,9,12H2,1-2H3,(H2,17,18,19). The fraction of sp³-hybridized carbons (Fsp3) is 0.500. The summed E-state index contributed by atoms with van der Waals surface area (Å²) < 4.78 is 1.95. The maximum atomic E-state index is 4.68. The van der Waals surface area contributed by atoms with Gasteiger partial charge in [0.25, 0.3) is 0 Å². The van der Waals surface area contributed by atoms with Crippen LogP contribution in [0.1, 0.15) is 31.7 Å². The highest BCUT2D eigenvalue weighted by molar-refractivity contribution is 7.07. The monoisotopic (exact) mass is 319 g/mol. The molecule has 0 aromatic carbocycles. The van der Waals surface area contributed by atoms with E-state index < -0.39 is 0 Å². The van der Waals surface area contributed by atoms with Crippen LogP contribution in [0, 0.1) is 0 Å². The van der Waals surface area contributed by atoms with Crippen LogP contribution in [0.3, 0.4) is 0 Å². The average molecular weight is 319 g/mol. The lowest BCUT2D eigenvalue weighted by Crippen LogP contribution is -2.38. The Kier molecular flexibility index (Phi) is 6.96. The quantitative estimate of drug-likeness (QED) is 0.447. The van der Waals surface area contributed by atoms with Gasteiger partial charge in [-0.25, -0.2) is 0 Å². The van der Waals surface area contributed by atoms with Crippen molar-refractivity contribution in [1.82, 2.24) is 20.4 Å². The molecule has 0 spiro atoms. The summed E-state index contributed by atoms with van der Waals surface area (Å²) in [6.07, 6.45) is 4.82. The average Bonchev–Trinajstić information content (AvgIpc) is 3.21. The normalized spacial score (nSPS) is 13.1. The summed E-state index contributed by atoms with van der Waals surface area (Å²) in [4.78, 5) is 4.68. The number of nitrogens with zero attached hydrogens (tertiary/aromatic N) is 3. The number of aliphatic imine (C=N–C) groups is 1. The van der Waals surface area contributed by atoms with E-state index in [0.29, 0.717) is 5.92 Å². The Morgan fingerprint density at radius 1 is 1.45 bits per heavy atom. The van der Waals surface area contributed by atoms with E-state index in [-0.39, 0.29) is 0 Å². The Labute approximate surface area is 136 Å². The molecule has 0 bridgehead atoms. The molecule has 22 heavy (non-hydrogen) atoms. The van der Waals surface area contributed by atoms with Crippen LogP contribution in [-0.4, -0.2) is 35.4 Å². The van der Waals surface area contributed by atoms with Gasteiger partial charge in [-0.15, -0.1) is 0 Å². The minimum atomic E-state index is 0.450. The van der Waals surface area contributed by atoms with Crippen LogP contribution >= 0.6 is 11.3 Å². The van der Waals surface area contributed by atoms with Crippen molar-refractivity contribution in [2.24, 2.45) is 4.99 Å². The highest BCUT2D eigenvalue weighted by Crippen LogP contribution is 2.18. The number of hydrogen-bond donors (Lipinski definition) is 2. The van der Waals surface area contributed by atoms with Crippen LogP contribution in [0.4, 0.5) is 0 Å². The van der Waals surface area contributed by atoms with E-state index in [4.69, 9.17) is 0 Å². The van der Waals surface area contributed by atoms with Crippen molar-refractivity contribution < 1.29 is 0 Å². The molecule has 2 aromatic heterocycles. The van der Waals surface area contributed by atoms with Crippen LogP contribution in [0.15, 0.2) is 40.3 Å². The number of aromatic nitrogens is 2. The highest BCUT2D eigenvalue weighted by Gasteiger charge is 2.05. The van der Waals surface area contributed by atoms with Crippen LogP contribution in [-0.2, 0) is 6.54 Å². The molecule has 5 nitrogen and oxygen atoms in total. The Bertz CT molecular complexity index is 533. The number of rotatable bonds is 8. The lowest BCUT2D eigenvalue weighted by Gasteiger charge is -2.13. The second-order valence-corrected chi connectivity index (χ2v) is 6.01. The van der Waals surface area contributed by atoms with Gasteiger partial charge in [-0.3, -0.25) is 9.67 Å². The SMILES string of the molecule is CCNC(=NCC(C)c1ccsc1)NCCCn1cccn1. The largest absolute Gasteiger partial charge is 0.357 e. The number of hydrogen-bond acceptors (Lipinski definition) is 3. The smallest absolute Gasteiger partial charge is 0.191 e. The van der Waals surface area contributed by atoms with Crippen LogP contribution in [0.5, 0.6) is 0 Å². The van der Waals surface area contributed by atoms with Crippen molar-refractivity contribution in [3.63, 3.8) is 0 Å². The highest BCUT2D eigenvalue weighted by atomic mass is 32.1. The van der Waals surface area contributed by atoms with E-state index in [0.717, 1.165) is 38.6 Å². The summed E-state index contributed by atoms with van der Waals surface area (Å²) in [6, 6.07) is 4.13. The van der Waals surface area contributed by atoms with Gasteiger partial charge in [-0.05, 0) is 41.8 Å². The third-order valence-corrected chi connectivity index (χ3v) is 4.10. The van der Waals surface area contributed by atoms with E-state index >= 15 is 0 Å². The van der Waals surface area contributed by atoms with Crippen molar-refractivity contribution in [2.75, 3.05) is 19.6 Å². The summed E-state index contributed by atoms with van der Waals surface area (Å²) in [6.45, 7) is 7.78. The number of thiophene rings is 1. The van der Waals surface area contributed by atoms with Crippen LogP contribution < -0.4 is 10.6 Å². The Hall–Kier alpha value is -1.82. The van der Waals surface area contributed by atoms with Gasteiger partial charge in [0.05, 0.1) is 0 Å². The van der Waals surface area contributed by atoms with Gasteiger partial charge < -0.3 is 10.6 Å². The minimum Gasteiger partial charge on any atom is -0.357 e. The third-order valence-electron chi connectivity index (χ3n) is 3.40. The van der Waals surface area contributed by atoms with Crippen molar-refractivity contribution in [3.05, 3.63) is 40.8 Å². The van der Waals surface area contributed by atoms with E-state index in [1.165, 1.54) is 5.56 Å². The van der Waals surface area contributed by atoms with Gasteiger partial charge in [-0.2, -0.15) is 16.4 Å². The molecule has 0 aliphatic rings. The van der Waals surface area contributed by atoms with Gasteiger partial charge in [0.2, 0.25) is 0 Å². The van der Waals surface area contributed by atoms with Crippen molar-refractivity contribution >= 4 is 17.3 Å². The molecule has 1 atom stereocenters. The first-order chi connectivity index (χ1) is 10.8. The minimum absolute atomic E-state index is 0.450. The molecule has 0 amide bonds. The zero-order chi connectivity index (χ0) is 15.6. The van der Waals surface area contributed by atoms with E-state index in [2.05, 4.69) is 51.4 Å². The Morgan fingerprint density at radius 2 is 2.36 bits per heavy atom. The Morgan fingerprint density at radius 3 is 3.05 bits per heavy atom. The molecule has 0 aliphatic carbocycles. The molecule has 0 radical (unpaired) electrons. The molecule has 1 unspecified atom stereocenters. The predicted octanol–water partition coefficient (Wildman–Crippen LogP) is 2.69. The summed E-state index contributed by atoms with van der Waals surface area (Å²) in [5.41, 5.74) is 1.36. The van der Waals surface area contributed by atoms with E-state index in [1.54, 1.807) is 11.3 Å². The Balaban J connectivity index is 1.74.